The van der Waals surface area contributed by atoms with Gasteiger partial charge in [-0.25, -0.2) is 0 Å². The number of aromatic nitrogens is 1. The molecule has 3 rings (SSSR count). The minimum Gasteiger partial charge on any atom is -0.361 e. The van der Waals surface area contributed by atoms with Gasteiger partial charge in [0.1, 0.15) is 11.3 Å². The van der Waals surface area contributed by atoms with E-state index in [0.29, 0.717) is 57.0 Å². The van der Waals surface area contributed by atoms with Crippen LogP contribution in [0.5, 0.6) is 0 Å². The third-order valence-corrected chi connectivity index (χ3v) is 6.06. The molecule has 0 radical (unpaired) electrons. The summed E-state index contributed by atoms with van der Waals surface area (Å²) in [6.45, 7) is 8.41. The number of carbonyl (C=O) groups excluding carboxylic acids is 2. The van der Waals surface area contributed by atoms with E-state index in [9.17, 15) is 9.59 Å². The van der Waals surface area contributed by atoms with Crippen LogP contribution in [-0.4, -0.2) is 35.0 Å². The van der Waals surface area contributed by atoms with Gasteiger partial charge in [0, 0.05) is 34.4 Å². The highest BCUT2D eigenvalue weighted by atomic mass is 35.5. The quantitative estimate of drug-likeness (QED) is 0.424. The van der Waals surface area contributed by atoms with Crippen molar-refractivity contribution in [3.8, 4) is 0 Å². The van der Waals surface area contributed by atoms with E-state index in [1.165, 1.54) is 0 Å². The van der Waals surface area contributed by atoms with Crippen LogP contribution in [0.1, 0.15) is 51.6 Å². The molecule has 34 heavy (non-hydrogen) atoms. The molecule has 7 nitrogen and oxygen atoms in total. The molecule has 180 valence electrons. The van der Waals surface area contributed by atoms with Crippen LogP contribution in [0, 0.1) is 19.3 Å². The molecule has 0 bridgehead atoms. The Kier molecular flexibility index (Phi) is 8.02. The third-order valence-electron chi connectivity index (χ3n) is 5.46. The molecule has 1 aromatic heterocycles. The number of amides is 2. The number of benzene rings is 2. The fraction of sp³-hybridized carbons (Fsp3) is 0.320. The van der Waals surface area contributed by atoms with Gasteiger partial charge in [0.25, 0.3) is 11.8 Å². The summed E-state index contributed by atoms with van der Waals surface area (Å²) in [6.07, 6.45) is 0. The van der Waals surface area contributed by atoms with E-state index in [-0.39, 0.29) is 23.8 Å². The molecule has 0 atom stereocenters. The number of nitrogens with one attached hydrogen (secondary N) is 1. The Labute approximate surface area is 209 Å². The summed E-state index contributed by atoms with van der Waals surface area (Å²) in [7, 11) is 0. The number of carbonyl (C=O) groups is 2. The lowest BCUT2D eigenvalue weighted by Crippen LogP contribution is -2.42. The maximum absolute atomic E-state index is 13.5. The van der Waals surface area contributed by atoms with Crippen molar-refractivity contribution in [2.24, 2.45) is 11.1 Å². The standard InChI is InChI=1S/C25H28Cl2N4O3/c1-15-22(16(2)34-30-15)24(33)31(14-25(3,4)13-28)12-18-11-20(8-9-21(18)27)29-23(32)17-6-5-7-19(26)10-17/h5-11H,12-14,28H2,1-4H3,(H,29,32). The van der Waals surface area contributed by atoms with Gasteiger partial charge in [0.2, 0.25) is 0 Å². The average Bonchev–Trinajstić information content (AvgIpc) is 3.12. The van der Waals surface area contributed by atoms with E-state index in [1.807, 2.05) is 13.8 Å². The van der Waals surface area contributed by atoms with Crippen LogP contribution >= 0.6 is 23.2 Å². The van der Waals surface area contributed by atoms with Gasteiger partial charge >= 0.3 is 0 Å². The number of anilines is 1. The van der Waals surface area contributed by atoms with Gasteiger partial charge in [-0.05, 0) is 67.8 Å². The number of hydrogen-bond donors (Lipinski definition) is 2. The lowest BCUT2D eigenvalue weighted by atomic mass is 9.92. The highest BCUT2D eigenvalue weighted by molar-refractivity contribution is 6.31. The van der Waals surface area contributed by atoms with Crippen molar-refractivity contribution in [3.05, 3.63) is 80.7 Å². The van der Waals surface area contributed by atoms with Gasteiger partial charge in [0.05, 0.1) is 5.69 Å². The van der Waals surface area contributed by atoms with Gasteiger partial charge in [0.15, 0.2) is 0 Å². The second-order valence-electron chi connectivity index (χ2n) is 9.00. The first-order chi connectivity index (χ1) is 16.0. The minimum absolute atomic E-state index is 0.214. The predicted octanol–water partition coefficient (Wildman–Crippen LogP) is 5.48. The number of hydrogen-bond acceptors (Lipinski definition) is 5. The highest BCUT2D eigenvalue weighted by Gasteiger charge is 2.29. The molecule has 0 aliphatic carbocycles. The van der Waals surface area contributed by atoms with E-state index < -0.39 is 0 Å². The van der Waals surface area contributed by atoms with Crippen molar-refractivity contribution in [2.75, 3.05) is 18.4 Å². The topological polar surface area (TPSA) is 101 Å². The molecule has 0 unspecified atom stereocenters. The van der Waals surface area contributed by atoms with Crippen molar-refractivity contribution in [2.45, 2.75) is 34.2 Å². The van der Waals surface area contributed by atoms with Crippen LogP contribution in [0.15, 0.2) is 47.0 Å². The van der Waals surface area contributed by atoms with E-state index in [4.69, 9.17) is 33.5 Å². The lowest BCUT2D eigenvalue weighted by Gasteiger charge is -2.32. The minimum atomic E-state index is -0.334. The summed E-state index contributed by atoms with van der Waals surface area (Å²) in [4.78, 5) is 27.8. The molecule has 1 heterocycles. The van der Waals surface area contributed by atoms with Crippen LogP contribution in [0.3, 0.4) is 0 Å². The Bertz CT molecular complexity index is 1190. The molecule has 3 aromatic rings. The summed E-state index contributed by atoms with van der Waals surface area (Å²) < 4.78 is 5.21. The van der Waals surface area contributed by atoms with Gasteiger partial charge in [-0.2, -0.15) is 0 Å². The second kappa shape index (κ2) is 10.6. The Morgan fingerprint density at radius 2 is 1.88 bits per heavy atom. The zero-order valence-electron chi connectivity index (χ0n) is 19.6. The molecule has 0 spiro atoms. The highest BCUT2D eigenvalue weighted by Crippen LogP contribution is 2.27. The normalized spacial score (nSPS) is 11.4. The maximum Gasteiger partial charge on any atom is 0.259 e. The van der Waals surface area contributed by atoms with Crippen LogP contribution in [-0.2, 0) is 6.54 Å². The fourth-order valence-electron chi connectivity index (χ4n) is 3.54. The zero-order chi connectivity index (χ0) is 25.0. The summed E-state index contributed by atoms with van der Waals surface area (Å²) in [5.41, 5.74) is 8.22. The summed E-state index contributed by atoms with van der Waals surface area (Å²) in [5.74, 6) is -0.0717. The molecule has 3 N–H and O–H groups in total. The second-order valence-corrected chi connectivity index (χ2v) is 9.84. The number of nitrogens with two attached hydrogens (primary N) is 1. The summed E-state index contributed by atoms with van der Waals surface area (Å²) in [5, 5.41) is 7.72. The van der Waals surface area contributed by atoms with E-state index in [1.54, 1.807) is 61.2 Å². The van der Waals surface area contributed by atoms with Gasteiger partial charge < -0.3 is 20.5 Å². The monoisotopic (exact) mass is 502 g/mol. The van der Waals surface area contributed by atoms with Crippen molar-refractivity contribution < 1.29 is 14.1 Å². The molecule has 0 aliphatic rings. The van der Waals surface area contributed by atoms with Crippen LogP contribution in [0.4, 0.5) is 5.69 Å². The lowest BCUT2D eigenvalue weighted by molar-refractivity contribution is 0.0670. The average molecular weight is 503 g/mol. The summed E-state index contributed by atoms with van der Waals surface area (Å²) >= 11 is 12.5. The first kappa shape index (κ1) is 25.7. The van der Waals surface area contributed by atoms with Crippen LogP contribution in [0.25, 0.3) is 0 Å². The molecular weight excluding hydrogens is 475 g/mol. The Hall–Kier alpha value is -2.87. The maximum atomic E-state index is 13.5. The predicted molar refractivity (Wildman–Crippen MR) is 134 cm³/mol. The number of halogens is 2. The Morgan fingerprint density at radius 1 is 1.15 bits per heavy atom. The molecule has 0 fully saturated rings. The van der Waals surface area contributed by atoms with Crippen molar-refractivity contribution >= 4 is 40.7 Å². The summed E-state index contributed by atoms with van der Waals surface area (Å²) in [6, 6.07) is 11.8. The van der Waals surface area contributed by atoms with E-state index in [0.717, 1.165) is 0 Å². The van der Waals surface area contributed by atoms with Crippen LogP contribution < -0.4 is 11.1 Å². The molecule has 2 aromatic carbocycles. The SMILES string of the molecule is Cc1noc(C)c1C(=O)N(Cc1cc(NC(=O)c2cccc(Cl)c2)ccc1Cl)CC(C)(C)CN. The largest absolute Gasteiger partial charge is 0.361 e. The molecule has 0 saturated carbocycles. The van der Waals surface area contributed by atoms with Crippen molar-refractivity contribution in [3.63, 3.8) is 0 Å². The molecule has 0 saturated heterocycles. The van der Waals surface area contributed by atoms with Crippen molar-refractivity contribution in [1.82, 2.24) is 10.1 Å². The smallest absolute Gasteiger partial charge is 0.259 e. The first-order valence-electron chi connectivity index (χ1n) is 10.8. The van der Waals surface area contributed by atoms with Gasteiger partial charge in [-0.3, -0.25) is 9.59 Å². The van der Waals surface area contributed by atoms with E-state index in [2.05, 4.69) is 10.5 Å². The molecule has 0 aliphatic heterocycles. The number of nitrogens with zero attached hydrogens (tertiary/aromatic N) is 2. The number of aryl methyl sites for hydroxylation is 2. The molecule has 2 amide bonds. The van der Waals surface area contributed by atoms with Gasteiger partial charge in [-0.1, -0.05) is 48.3 Å². The van der Waals surface area contributed by atoms with Crippen molar-refractivity contribution in [1.29, 1.82) is 0 Å². The zero-order valence-corrected chi connectivity index (χ0v) is 21.1. The Balaban J connectivity index is 1.89. The fourth-order valence-corrected chi connectivity index (χ4v) is 3.91. The molecule has 9 heteroatoms. The first-order valence-corrected chi connectivity index (χ1v) is 11.5. The third kappa shape index (κ3) is 6.17. The molecular formula is C25H28Cl2N4O3. The number of rotatable bonds is 8. The van der Waals surface area contributed by atoms with E-state index >= 15 is 0 Å². The van der Waals surface area contributed by atoms with Crippen LogP contribution in [0.2, 0.25) is 10.0 Å². The Morgan fingerprint density at radius 3 is 2.50 bits per heavy atom. The van der Waals surface area contributed by atoms with Gasteiger partial charge in [-0.15, -0.1) is 0 Å².